The average molecular weight is 267 g/mol. The number of alkyl halides is 3. The lowest BCUT2D eigenvalue weighted by molar-refractivity contribution is -0.0885. The molecule has 0 unspecified atom stereocenters. The number of rotatable bonds is 2. The minimum absolute atomic E-state index is 0.393. The fourth-order valence-electron chi connectivity index (χ4n) is 1.58. The number of hydrogen-bond acceptors (Lipinski definition) is 2. The van der Waals surface area contributed by atoms with Gasteiger partial charge in [0.05, 0.1) is 0 Å². The first-order valence-corrected chi connectivity index (χ1v) is 5.29. The van der Waals surface area contributed by atoms with Crippen molar-refractivity contribution in [3.8, 4) is 5.69 Å². The number of ketones is 1. The van der Waals surface area contributed by atoms with Gasteiger partial charge < -0.3 is 0 Å². The molecule has 6 heteroatoms. The van der Waals surface area contributed by atoms with E-state index in [1.807, 2.05) is 0 Å². The van der Waals surface area contributed by atoms with E-state index >= 15 is 0 Å². The minimum Gasteiger partial charge on any atom is -0.284 e. The number of hydrogen-bond donors (Lipinski definition) is 0. The zero-order valence-electron chi connectivity index (χ0n) is 9.52. The zero-order chi connectivity index (χ0) is 14.0. The van der Waals surface area contributed by atoms with E-state index in [0.29, 0.717) is 5.69 Å². The van der Waals surface area contributed by atoms with Crippen LogP contribution in [-0.2, 0) is 0 Å². The lowest BCUT2D eigenvalue weighted by Crippen LogP contribution is -2.25. The molecule has 0 aliphatic carbocycles. The first kappa shape index (κ1) is 13.1. The van der Waals surface area contributed by atoms with Gasteiger partial charge in [-0.3, -0.25) is 14.2 Å². The van der Waals surface area contributed by atoms with E-state index in [1.165, 1.54) is 0 Å². The van der Waals surface area contributed by atoms with Crippen molar-refractivity contribution in [1.29, 1.82) is 0 Å². The van der Waals surface area contributed by atoms with Crippen LogP contribution in [-0.4, -0.2) is 16.5 Å². The Kier molecular flexibility index (Phi) is 3.25. The van der Waals surface area contributed by atoms with Crippen molar-refractivity contribution in [2.45, 2.75) is 6.18 Å². The Bertz CT molecular complexity index is 660. The number of para-hydroxylation sites is 1. The molecule has 0 N–H and O–H groups in total. The molecule has 1 aromatic carbocycles. The van der Waals surface area contributed by atoms with E-state index in [1.54, 1.807) is 30.3 Å². The van der Waals surface area contributed by atoms with Crippen LogP contribution in [0.5, 0.6) is 0 Å². The van der Waals surface area contributed by atoms with Crippen molar-refractivity contribution >= 4 is 5.78 Å². The van der Waals surface area contributed by atoms with Crippen molar-refractivity contribution in [2.75, 3.05) is 0 Å². The standard InChI is InChI=1S/C13H8F3NO2/c14-13(15,16)12(19)9-6-7-11(18)17(8-9)10-4-2-1-3-5-10/h1-8H. The molecular formula is C13H8F3NO2. The van der Waals surface area contributed by atoms with Crippen LogP contribution in [0.3, 0.4) is 0 Å². The van der Waals surface area contributed by atoms with E-state index in [9.17, 15) is 22.8 Å². The van der Waals surface area contributed by atoms with Crippen LogP contribution in [0.4, 0.5) is 13.2 Å². The van der Waals surface area contributed by atoms with Gasteiger partial charge in [0.15, 0.2) is 0 Å². The van der Waals surface area contributed by atoms with Gasteiger partial charge in [0.1, 0.15) is 0 Å². The largest absolute Gasteiger partial charge is 0.454 e. The molecule has 0 saturated carbocycles. The van der Waals surface area contributed by atoms with Crippen molar-refractivity contribution in [1.82, 2.24) is 4.57 Å². The molecular weight excluding hydrogens is 259 g/mol. The Morgan fingerprint density at radius 3 is 2.21 bits per heavy atom. The molecule has 0 saturated heterocycles. The molecule has 2 aromatic rings. The molecule has 19 heavy (non-hydrogen) atoms. The highest BCUT2D eigenvalue weighted by Crippen LogP contribution is 2.21. The summed E-state index contributed by atoms with van der Waals surface area (Å²) in [6, 6.07) is 9.91. The van der Waals surface area contributed by atoms with Crippen molar-refractivity contribution in [3.63, 3.8) is 0 Å². The molecule has 98 valence electrons. The number of aromatic nitrogens is 1. The predicted octanol–water partition coefficient (Wildman–Crippen LogP) is 2.58. The normalized spacial score (nSPS) is 11.3. The van der Waals surface area contributed by atoms with Gasteiger partial charge in [-0.2, -0.15) is 13.2 Å². The molecule has 0 amide bonds. The summed E-state index contributed by atoms with van der Waals surface area (Å²) in [7, 11) is 0. The van der Waals surface area contributed by atoms with E-state index in [4.69, 9.17) is 0 Å². The maximum Gasteiger partial charge on any atom is 0.454 e. The maximum absolute atomic E-state index is 12.3. The van der Waals surface area contributed by atoms with Gasteiger partial charge in [0.2, 0.25) is 0 Å². The molecule has 1 heterocycles. The number of benzene rings is 1. The maximum atomic E-state index is 12.3. The second-order valence-electron chi connectivity index (χ2n) is 3.79. The third-order valence-electron chi connectivity index (χ3n) is 2.47. The number of nitrogens with zero attached hydrogens (tertiary/aromatic N) is 1. The highest BCUT2D eigenvalue weighted by molar-refractivity contribution is 6.00. The topological polar surface area (TPSA) is 39.1 Å². The van der Waals surface area contributed by atoms with Gasteiger partial charge in [-0.25, -0.2) is 0 Å². The SMILES string of the molecule is O=C(c1ccc(=O)n(-c2ccccc2)c1)C(F)(F)F. The smallest absolute Gasteiger partial charge is 0.284 e. The third kappa shape index (κ3) is 2.73. The van der Waals surface area contributed by atoms with Crippen LogP contribution < -0.4 is 5.56 Å². The fraction of sp³-hybridized carbons (Fsp3) is 0.0769. The van der Waals surface area contributed by atoms with Gasteiger partial charge in [-0.05, 0) is 18.2 Å². The summed E-state index contributed by atoms with van der Waals surface area (Å²) in [5.74, 6) is -1.97. The number of carbonyl (C=O) groups is 1. The van der Waals surface area contributed by atoms with Crippen LogP contribution >= 0.6 is 0 Å². The molecule has 1 aromatic heterocycles. The van der Waals surface area contributed by atoms with E-state index in [-0.39, 0.29) is 0 Å². The first-order chi connectivity index (χ1) is 8.89. The lowest BCUT2D eigenvalue weighted by Gasteiger charge is -2.09. The third-order valence-corrected chi connectivity index (χ3v) is 2.47. The summed E-state index contributed by atoms with van der Waals surface area (Å²) < 4.78 is 38.0. The van der Waals surface area contributed by atoms with Crippen LogP contribution in [0.2, 0.25) is 0 Å². The number of pyridine rings is 1. The quantitative estimate of drug-likeness (QED) is 0.784. The summed E-state index contributed by atoms with van der Waals surface area (Å²) >= 11 is 0. The Hall–Kier alpha value is -2.37. The van der Waals surface area contributed by atoms with E-state index in [2.05, 4.69) is 0 Å². The van der Waals surface area contributed by atoms with Crippen molar-refractivity contribution in [2.24, 2.45) is 0 Å². The monoisotopic (exact) mass is 267 g/mol. The van der Waals surface area contributed by atoms with Crippen LogP contribution in [0.15, 0.2) is 53.5 Å². The van der Waals surface area contributed by atoms with Crippen LogP contribution in [0.25, 0.3) is 5.69 Å². The second-order valence-corrected chi connectivity index (χ2v) is 3.79. The molecule has 0 aliphatic heterocycles. The number of Topliss-reactive ketones (excluding diaryl/α,β-unsaturated/α-hetero) is 1. The van der Waals surface area contributed by atoms with Gasteiger partial charge >= 0.3 is 6.18 Å². The summed E-state index contributed by atoms with van der Waals surface area (Å²) in [6.45, 7) is 0. The molecule has 0 fully saturated rings. The van der Waals surface area contributed by atoms with Gasteiger partial charge in [-0.1, -0.05) is 18.2 Å². The highest BCUT2D eigenvalue weighted by atomic mass is 19.4. The first-order valence-electron chi connectivity index (χ1n) is 5.29. The summed E-state index contributed by atoms with van der Waals surface area (Å²) in [4.78, 5) is 22.7. The van der Waals surface area contributed by atoms with Gasteiger partial charge in [0, 0.05) is 23.5 Å². The van der Waals surface area contributed by atoms with Crippen molar-refractivity contribution in [3.05, 3.63) is 64.6 Å². The van der Waals surface area contributed by atoms with Crippen molar-refractivity contribution < 1.29 is 18.0 Å². The highest BCUT2D eigenvalue weighted by Gasteiger charge is 2.39. The second kappa shape index (κ2) is 4.72. The summed E-state index contributed by atoms with van der Waals surface area (Å²) in [5, 5.41) is 0. The molecule has 0 bridgehead atoms. The molecule has 0 atom stereocenters. The van der Waals surface area contributed by atoms with E-state index < -0.39 is 23.1 Å². The fourth-order valence-corrected chi connectivity index (χ4v) is 1.58. The Morgan fingerprint density at radius 1 is 1.00 bits per heavy atom. The molecule has 0 spiro atoms. The molecule has 2 rings (SSSR count). The van der Waals surface area contributed by atoms with E-state index in [0.717, 1.165) is 22.9 Å². The van der Waals surface area contributed by atoms with Gasteiger partial charge in [0.25, 0.3) is 11.3 Å². The number of carbonyl (C=O) groups excluding carboxylic acids is 1. The lowest BCUT2D eigenvalue weighted by atomic mass is 10.2. The van der Waals surface area contributed by atoms with Crippen LogP contribution in [0.1, 0.15) is 10.4 Å². The zero-order valence-corrected chi connectivity index (χ0v) is 9.52. The Labute approximate surface area is 105 Å². The molecule has 3 nitrogen and oxygen atoms in total. The summed E-state index contributed by atoms with van der Waals surface area (Å²) in [6.07, 6.45) is -4.06. The van der Waals surface area contributed by atoms with Crippen LogP contribution in [0, 0.1) is 0 Å². The Balaban J connectivity index is 2.53. The summed E-state index contributed by atoms with van der Waals surface area (Å²) in [5.41, 5.74) is -0.690. The molecule has 0 radical (unpaired) electrons. The number of halogens is 3. The van der Waals surface area contributed by atoms with Gasteiger partial charge in [-0.15, -0.1) is 0 Å². The Morgan fingerprint density at radius 2 is 1.63 bits per heavy atom. The molecule has 0 aliphatic rings. The average Bonchev–Trinajstić information content (AvgIpc) is 2.38. The minimum atomic E-state index is -4.96. The predicted molar refractivity (Wildman–Crippen MR) is 62.4 cm³/mol.